The maximum atomic E-state index is 13.3. The van der Waals surface area contributed by atoms with Gasteiger partial charge < -0.3 is 19.9 Å². The number of benzene rings is 2. The van der Waals surface area contributed by atoms with Crippen molar-refractivity contribution in [3.05, 3.63) is 58.1 Å². The van der Waals surface area contributed by atoms with Crippen molar-refractivity contribution in [2.75, 3.05) is 38.2 Å². The Kier molecular flexibility index (Phi) is 8.26. The van der Waals surface area contributed by atoms with Gasteiger partial charge >= 0.3 is 0 Å². The highest BCUT2D eigenvalue weighted by atomic mass is 35.5. The van der Waals surface area contributed by atoms with Gasteiger partial charge in [0.1, 0.15) is 11.8 Å². The molecular weight excluding hydrogens is 449 g/mol. The highest BCUT2D eigenvalue weighted by Gasteiger charge is 2.30. The largest absolute Gasteiger partial charge is 0.495 e. The Morgan fingerprint density at radius 2 is 1.75 bits per heavy atom. The molecule has 1 aliphatic heterocycles. The third-order valence-electron chi connectivity index (χ3n) is 5.50. The molecule has 1 aliphatic rings. The van der Waals surface area contributed by atoms with E-state index in [1.54, 1.807) is 19.2 Å². The van der Waals surface area contributed by atoms with E-state index < -0.39 is 6.04 Å². The maximum absolute atomic E-state index is 13.3. The molecule has 2 aromatic carbocycles. The summed E-state index contributed by atoms with van der Waals surface area (Å²) >= 11 is 12.1. The third kappa shape index (κ3) is 5.87. The van der Waals surface area contributed by atoms with Crippen molar-refractivity contribution in [2.45, 2.75) is 26.3 Å². The van der Waals surface area contributed by atoms with E-state index in [-0.39, 0.29) is 22.8 Å². The summed E-state index contributed by atoms with van der Waals surface area (Å²) in [6.07, 6.45) is 0.544. The van der Waals surface area contributed by atoms with E-state index in [4.69, 9.17) is 27.9 Å². The number of anilines is 1. The van der Waals surface area contributed by atoms with Gasteiger partial charge in [0.25, 0.3) is 5.91 Å². The Morgan fingerprint density at radius 1 is 1.06 bits per heavy atom. The standard InChI is InChI=1S/C24H29Cl2N3O3/c1-16(2)14-20(27-23(30)18-9-8-17(25)15-19(18)26)24(31)29-12-10-28(11-13-29)21-6-4-5-7-22(21)32-3/h4-9,15-16,20H,10-14H2,1-3H3,(H,27,30). The van der Waals surface area contributed by atoms with Crippen LogP contribution in [0.4, 0.5) is 5.69 Å². The zero-order chi connectivity index (χ0) is 23.3. The molecule has 1 heterocycles. The number of carbonyl (C=O) groups is 2. The molecule has 32 heavy (non-hydrogen) atoms. The van der Waals surface area contributed by atoms with Crippen LogP contribution in [-0.2, 0) is 4.79 Å². The summed E-state index contributed by atoms with van der Waals surface area (Å²) in [5.74, 6) is 0.604. The quantitative estimate of drug-likeness (QED) is 0.637. The van der Waals surface area contributed by atoms with Crippen molar-refractivity contribution in [3.8, 4) is 5.75 Å². The van der Waals surface area contributed by atoms with Crippen LogP contribution >= 0.6 is 23.2 Å². The fourth-order valence-corrected chi connectivity index (χ4v) is 4.38. The topological polar surface area (TPSA) is 61.9 Å². The number of piperazine rings is 1. The Bertz CT molecular complexity index is 959. The number of nitrogens with zero attached hydrogens (tertiary/aromatic N) is 2. The molecule has 0 bridgehead atoms. The average Bonchev–Trinajstić information content (AvgIpc) is 2.77. The first-order valence-corrected chi connectivity index (χ1v) is 11.5. The smallest absolute Gasteiger partial charge is 0.253 e. The minimum Gasteiger partial charge on any atom is -0.495 e. The molecular formula is C24H29Cl2N3O3. The number of nitrogens with one attached hydrogen (secondary N) is 1. The summed E-state index contributed by atoms with van der Waals surface area (Å²) in [4.78, 5) is 30.2. The number of amides is 2. The molecule has 6 nitrogen and oxygen atoms in total. The van der Waals surface area contributed by atoms with Crippen molar-refractivity contribution in [1.82, 2.24) is 10.2 Å². The molecule has 0 saturated carbocycles. The Labute approximate surface area is 199 Å². The minimum absolute atomic E-state index is 0.0724. The zero-order valence-corrected chi connectivity index (χ0v) is 20.1. The van der Waals surface area contributed by atoms with Gasteiger partial charge in [0, 0.05) is 31.2 Å². The molecule has 3 rings (SSSR count). The van der Waals surface area contributed by atoms with Crippen LogP contribution in [0.2, 0.25) is 10.0 Å². The van der Waals surface area contributed by atoms with Crippen LogP contribution in [0, 0.1) is 5.92 Å². The molecule has 1 unspecified atom stereocenters. The van der Waals surface area contributed by atoms with Gasteiger partial charge in [-0.1, -0.05) is 49.2 Å². The number of halogens is 2. The summed E-state index contributed by atoms with van der Waals surface area (Å²) in [5.41, 5.74) is 1.32. The lowest BCUT2D eigenvalue weighted by atomic mass is 10.0. The predicted molar refractivity (Wildman–Crippen MR) is 129 cm³/mol. The first kappa shape index (κ1) is 24.2. The Balaban J connectivity index is 1.68. The first-order valence-electron chi connectivity index (χ1n) is 10.7. The summed E-state index contributed by atoms with van der Waals surface area (Å²) in [6, 6.07) is 12.0. The fourth-order valence-electron chi connectivity index (χ4n) is 3.88. The molecule has 1 fully saturated rings. The van der Waals surface area contributed by atoms with Crippen LogP contribution in [0.5, 0.6) is 5.75 Å². The van der Waals surface area contributed by atoms with Gasteiger partial charge in [-0.3, -0.25) is 9.59 Å². The number of para-hydroxylation sites is 2. The number of methoxy groups -OCH3 is 1. The predicted octanol–water partition coefficient (Wildman–Crippen LogP) is 4.50. The number of ether oxygens (including phenoxy) is 1. The highest BCUT2D eigenvalue weighted by molar-refractivity contribution is 6.36. The second-order valence-electron chi connectivity index (χ2n) is 8.26. The molecule has 0 aromatic heterocycles. The highest BCUT2D eigenvalue weighted by Crippen LogP contribution is 2.28. The molecule has 2 aromatic rings. The fraction of sp³-hybridized carbons (Fsp3) is 0.417. The van der Waals surface area contributed by atoms with Crippen LogP contribution in [0.3, 0.4) is 0 Å². The minimum atomic E-state index is -0.618. The van der Waals surface area contributed by atoms with Crippen molar-refractivity contribution in [1.29, 1.82) is 0 Å². The van der Waals surface area contributed by atoms with E-state index in [1.807, 2.05) is 43.0 Å². The van der Waals surface area contributed by atoms with E-state index in [0.29, 0.717) is 43.2 Å². The van der Waals surface area contributed by atoms with Gasteiger partial charge in [-0.2, -0.15) is 0 Å². The number of rotatable bonds is 7. The monoisotopic (exact) mass is 477 g/mol. The second kappa shape index (κ2) is 10.9. The van der Waals surface area contributed by atoms with Crippen molar-refractivity contribution >= 4 is 40.7 Å². The van der Waals surface area contributed by atoms with Crippen molar-refractivity contribution in [2.24, 2.45) is 5.92 Å². The summed E-state index contributed by atoms with van der Waals surface area (Å²) < 4.78 is 5.47. The molecule has 8 heteroatoms. The third-order valence-corrected chi connectivity index (χ3v) is 6.05. The number of hydrogen-bond acceptors (Lipinski definition) is 4. The number of hydrogen-bond donors (Lipinski definition) is 1. The first-order chi connectivity index (χ1) is 15.3. The molecule has 0 aliphatic carbocycles. The molecule has 1 N–H and O–H groups in total. The van der Waals surface area contributed by atoms with Gasteiger partial charge in [-0.15, -0.1) is 0 Å². The number of carbonyl (C=O) groups excluding carboxylic acids is 2. The lowest BCUT2D eigenvalue weighted by Gasteiger charge is -2.38. The van der Waals surface area contributed by atoms with Crippen LogP contribution in [-0.4, -0.2) is 56.0 Å². The lowest BCUT2D eigenvalue weighted by molar-refractivity contribution is -0.134. The van der Waals surface area contributed by atoms with Gasteiger partial charge in [0.15, 0.2) is 0 Å². The average molecular weight is 478 g/mol. The summed E-state index contributed by atoms with van der Waals surface area (Å²) in [5, 5.41) is 3.61. The normalized spacial score (nSPS) is 14.9. The van der Waals surface area contributed by atoms with Crippen LogP contribution in [0.1, 0.15) is 30.6 Å². The van der Waals surface area contributed by atoms with E-state index in [9.17, 15) is 9.59 Å². The maximum Gasteiger partial charge on any atom is 0.253 e. The molecule has 1 saturated heterocycles. The van der Waals surface area contributed by atoms with Gasteiger partial charge in [0.2, 0.25) is 5.91 Å². The van der Waals surface area contributed by atoms with Crippen molar-refractivity contribution in [3.63, 3.8) is 0 Å². The molecule has 172 valence electrons. The van der Waals surface area contributed by atoms with Crippen LogP contribution in [0.25, 0.3) is 0 Å². The molecule has 0 radical (unpaired) electrons. The molecule has 2 amide bonds. The van der Waals surface area contributed by atoms with E-state index in [0.717, 1.165) is 11.4 Å². The van der Waals surface area contributed by atoms with E-state index >= 15 is 0 Å². The molecule has 0 spiro atoms. The lowest BCUT2D eigenvalue weighted by Crippen LogP contribution is -2.55. The second-order valence-corrected chi connectivity index (χ2v) is 9.11. The Hall–Kier alpha value is -2.44. The molecule has 1 atom stereocenters. The van der Waals surface area contributed by atoms with Gasteiger partial charge in [-0.05, 0) is 42.7 Å². The zero-order valence-electron chi connectivity index (χ0n) is 18.6. The van der Waals surface area contributed by atoms with Crippen molar-refractivity contribution < 1.29 is 14.3 Å². The van der Waals surface area contributed by atoms with Gasteiger partial charge in [0.05, 0.1) is 23.4 Å². The van der Waals surface area contributed by atoms with E-state index in [2.05, 4.69) is 10.2 Å². The summed E-state index contributed by atoms with van der Waals surface area (Å²) in [7, 11) is 1.66. The SMILES string of the molecule is COc1ccccc1N1CCN(C(=O)C(CC(C)C)NC(=O)c2ccc(Cl)cc2Cl)CC1. The van der Waals surface area contributed by atoms with Crippen LogP contribution in [0.15, 0.2) is 42.5 Å². The van der Waals surface area contributed by atoms with Crippen LogP contribution < -0.4 is 15.0 Å². The van der Waals surface area contributed by atoms with E-state index in [1.165, 1.54) is 6.07 Å². The van der Waals surface area contributed by atoms with Gasteiger partial charge in [-0.25, -0.2) is 0 Å². The summed E-state index contributed by atoms with van der Waals surface area (Å²) in [6.45, 7) is 6.59. The Morgan fingerprint density at radius 3 is 2.38 bits per heavy atom.